The molecule has 0 unspecified atom stereocenters. The summed E-state index contributed by atoms with van der Waals surface area (Å²) in [6.45, 7) is 2.54. The van der Waals surface area contributed by atoms with E-state index in [9.17, 15) is 9.59 Å². The van der Waals surface area contributed by atoms with Gasteiger partial charge in [-0.3, -0.25) is 14.6 Å². The first-order valence-corrected chi connectivity index (χ1v) is 14.0. The normalized spacial score (nSPS) is 20.4. The van der Waals surface area contributed by atoms with E-state index >= 15 is 0 Å². The number of nitrogens with one attached hydrogen (secondary N) is 2. The third-order valence-corrected chi connectivity index (χ3v) is 8.88. The van der Waals surface area contributed by atoms with E-state index < -0.39 is 6.04 Å². The number of nitrogens with zero attached hydrogens (tertiary/aromatic N) is 3. The first kappa shape index (κ1) is 24.8. The second-order valence-electron chi connectivity index (χ2n) is 10.0. The Labute approximate surface area is 216 Å². The summed E-state index contributed by atoms with van der Waals surface area (Å²) in [5, 5.41) is 7.11. The van der Waals surface area contributed by atoms with Crippen LogP contribution in [0.25, 0.3) is 21.3 Å². The van der Waals surface area contributed by atoms with Gasteiger partial charge in [-0.05, 0) is 69.3 Å². The summed E-state index contributed by atoms with van der Waals surface area (Å²) in [6.07, 6.45) is 10.8. The van der Waals surface area contributed by atoms with Gasteiger partial charge < -0.3 is 15.5 Å². The maximum atomic E-state index is 14.0. The molecule has 7 nitrogen and oxygen atoms in total. The van der Waals surface area contributed by atoms with Crippen LogP contribution in [0.2, 0.25) is 0 Å². The van der Waals surface area contributed by atoms with Crippen molar-refractivity contribution in [3.63, 3.8) is 0 Å². The zero-order valence-corrected chi connectivity index (χ0v) is 21.9. The molecule has 3 aromatic rings. The van der Waals surface area contributed by atoms with Gasteiger partial charge in [-0.1, -0.05) is 31.4 Å². The van der Waals surface area contributed by atoms with Crippen LogP contribution in [0.4, 0.5) is 0 Å². The summed E-state index contributed by atoms with van der Waals surface area (Å²) < 4.78 is 1.12. The zero-order chi connectivity index (χ0) is 25.1. The Kier molecular flexibility index (Phi) is 7.62. The number of thiazole rings is 1. The molecule has 1 saturated heterocycles. The van der Waals surface area contributed by atoms with Crippen molar-refractivity contribution in [1.29, 1.82) is 0 Å². The maximum Gasteiger partial charge on any atom is 0.246 e. The number of aromatic nitrogens is 2. The number of likely N-dealkylation sites (tertiary alicyclic amines) is 1. The van der Waals surface area contributed by atoms with Gasteiger partial charge in [0.15, 0.2) is 0 Å². The summed E-state index contributed by atoms with van der Waals surface area (Å²) in [4.78, 5) is 38.1. The van der Waals surface area contributed by atoms with Crippen LogP contribution in [0.1, 0.15) is 62.9 Å². The summed E-state index contributed by atoms with van der Waals surface area (Å²) in [5.41, 5.74) is 3.15. The third-order valence-electron chi connectivity index (χ3n) is 7.76. The van der Waals surface area contributed by atoms with E-state index in [1.54, 1.807) is 30.8 Å². The van der Waals surface area contributed by atoms with Gasteiger partial charge in [0, 0.05) is 24.5 Å². The van der Waals surface area contributed by atoms with E-state index in [2.05, 4.69) is 33.8 Å². The number of likely N-dealkylation sites (N-methyl/N-ethyl adjacent to an activating group) is 1. The largest absolute Gasteiger partial charge is 0.343 e. The molecule has 2 aliphatic rings. The number of carbonyl (C=O) groups is 2. The standard InChI is InChI=1S/C28H35N5O2S/c1-18(29-2)26(34)31-24(20-8-4-3-5-9-20)28(35)33-17-7-11-22(33)27-32-25-21(10-6-12-23(25)36-27)19-13-15-30-16-14-19/h6,10,12-16,18,20,22,24,29H,3-5,7-9,11,17H2,1-2H3,(H,31,34)/t18-,22-,24-/m0/s1. The third kappa shape index (κ3) is 5.02. The molecule has 36 heavy (non-hydrogen) atoms. The van der Waals surface area contributed by atoms with Crippen LogP contribution in [0.3, 0.4) is 0 Å². The Morgan fingerprint density at radius 2 is 1.83 bits per heavy atom. The number of amides is 2. The van der Waals surface area contributed by atoms with Crippen molar-refractivity contribution in [2.24, 2.45) is 5.92 Å². The predicted octanol–water partition coefficient (Wildman–Crippen LogP) is 4.69. The van der Waals surface area contributed by atoms with Gasteiger partial charge >= 0.3 is 0 Å². The minimum absolute atomic E-state index is 0.0506. The molecule has 2 fully saturated rings. The number of benzene rings is 1. The first-order valence-electron chi connectivity index (χ1n) is 13.1. The lowest BCUT2D eigenvalue weighted by Crippen LogP contribution is -2.55. The maximum absolute atomic E-state index is 14.0. The quantitative estimate of drug-likeness (QED) is 0.486. The monoisotopic (exact) mass is 505 g/mol. The molecule has 2 N–H and O–H groups in total. The molecule has 1 aliphatic carbocycles. The van der Waals surface area contributed by atoms with Gasteiger partial charge in [-0.15, -0.1) is 11.3 Å². The molecule has 2 aromatic heterocycles. The van der Waals surface area contributed by atoms with E-state index in [0.717, 1.165) is 64.9 Å². The number of pyridine rings is 1. The van der Waals surface area contributed by atoms with E-state index in [0.29, 0.717) is 6.54 Å². The molecule has 1 aliphatic heterocycles. The number of hydrogen-bond donors (Lipinski definition) is 2. The lowest BCUT2D eigenvalue weighted by molar-refractivity contribution is -0.139. The highest BCUT2D eigenvalue weighted by Crippen LogP contribution is 2.40. The summed E-state index contributed by atoms with van der Waals surface area (Å²) in [7, 11) is 1.77. The Balaban J connectivity index is 1.44. The topological polar surface area (TPSA) is 87.2 Å². The molecular formula is C28H35N5O2S. The molecule has 3 heterocycles. The van der Waals surface area contributed by atoms with Crippen LogP contribution in [-0.2, 0) is 9.59 Å². The van der Waals surface area contributed by atoms with Crippen LogP contribution in [0, 0.1) is 5.92 Å². The average Bonchev–Trinajstić information content (AvgIpc) is 3.59. The van der Waals surface area contributed by atoms with Crippen LogP contribution < -0.4 is 10.6 Å². The van der Waals surface area contributed by atoms with Crippen molar-refractivity contribution >= 4 is 33.4 Å². The smallest absolute Gasteiger partial charge is 0.246 e. The molecule has 2 amide bonds. The molecule has 5 rings (SSSR count). The first-order chi connectivity index (χ1) is 17.6. The second-order valence-corrected chi connectivity index (χ2v) is 11.1. The fraction of sp³-hybridized carbons (Fsp3) is 0.500. The Hall–Kier alpha value is -2.84. The van der Waals surface area contributed by atoms with Crippen molar-refractivity contribution in [3.05, 3.63) is 47.7 Å². The van der Waals surface area contributed by atoms with Crippen molar-refractivity contribution in [3.8, 4) is 11.1 Å². The lowest BCUT2D eigenvalue weighted by atomic mass is 9.83. The number of hydrogen-bond acceptors (Lipinski definition) is 6. The average molecular weight is 506 g/mol. The number of para-hydroxylation sites is 1. The van der Waals surface area contributed by atoms with Crippen LogP contribution in [0.5, 0.6) is 0 Å². The molecule has 0 spiro atoms. The molecular weight excluding hydrogens is 470 g/mol. The van der Waals surface area contributed by atoms with Crippen molar-refractivity contribution in [1.82, 2.24) is 25.5 Å². The fourth-order valence-corrected chi connectivity index (χ4v) is 6.74. The number of fused-ring (bicyclic) bond motifs is 1. The molecule has 0 radical (unpaired) electrons. The van der Waals surface area contributed by atoms with Crippen LogP contribution in [0.15, 0.2) is 42.7 Å². The van der Waals surface area contributed by atoms with Crippen molar-refractivity contribution < 1.29 is 9.59 Å². The van der Waals surface area contributed by atoms with Crippen LogP contribution >= 0.6 is 11.3 Å². The highest BCUT2D eigenvalue weighted by Gasteiger charge is 2.40. The number of carbonyl (C=O) groups excluding carboxylic acids is 2. The SMILES string of the molecule is CN[C@@H](C)C(=O)N[C@H](C(=O)N1CCC[C@H]1c1nc2c(-c3ccncc3)cccc2s1)C1CCCCC1. The molecule has 1 aromatic carbocycles. The van der Waals surface area contributed by atoms with Crippen molar-refractivity contribution in [2.45, 2.75) is 70.0 Å². The van der Waals surface area contributed by atoms with E-state index in [4.69, 9.17) is 4.98 Å². The molecule has 1 saturated carbocycles. The number of rotatable bonds is 7. The molecule has 0 bridgehead atoms. The van der Waals surface area contributed by atoms with Gasteiger partial charge in [-0.2, -0.15) is 0 Å². The van der Waals surface area contributed by atoms with Gasteiger partial charge in [0.1, 0.15) is 11.0 Å². The highest BCUT2D eigenvalue weighted by molar-refractivity contribution is 7.18. The summed E-state index contributed by atoms with van der Waals surface area (Å²) in [5.74, 6) is 0.128. The van der Waals surface area contributed by atoms with Crippen LogP contribution in [-0.4, -0.2) is 52.4 Å². The second kappa shape index (κ2) is 11.0. The van der Waals surface area contributed by atoms with E-state index in [1.165, 1.54) is 6.42 Å². The van der Waals surface area contributed by atoms with E-state index in [-0.39, 0.29) is 29.8 Å². The minimum Gasteiger partial charge on any atom is -0.343 e. The van der Waals surface area contributed by atoms with Gasteiger partial charge in [0.2, 0.25) is 11.8 Å². The Morgan fingerprint density at radius 1 is 1.06 bits per heavy atom. The molecule has 3 atom stereocenters. The van der Waals surface area contributed by atoms with Crippen molar-refractivity contribution in [2.75, 3.05) is 13.6 Å². The Morgan fingerprint density at radius 3 is 2.58 bits per heavy atom. The van der Waals surface area contributed by atoms with Gasteiger partial charge in [-0.25, -0.2) is 4.98 Å². The Bertz CT molecular complexity index is 1210. The highest BCUT2D eigenvalue weighted by atomic mass is 32.1. The molecule has 190 valence electrons. The van der Waals surface area contributed by atoms with Gasteiger partial charge in [0.25, 0.3) is 0 Å². The zero-order valence-electron chi connectivity index (χ0n) is 21.1. The summed E-state index contributed by atoms with van der Waals surface area (Å²) >= 11 is 1.68. The summed E-state index contributed by atoms with van der Waals surface area (Å²) in [6, 6.07) is 9.40. The fourth-order valence-electron chi connectivity index (χ4n) is 5.60. The lowest BCUT2D eigenvalue weighted by Gasteiger charge is -2.35. The van der Waals surface area contributed by atoms with Gasteiger partial charge in [0.05, 0.1) is 22.3 Å². The van der Waals surface area contributed by atoms with E-state index in [1.807, 2.05) is 24.0 Å². The minimum atomic E-state index is -0.476. The molecule has 8 heteroatoms. The predicted molar refractivity (Wildman–Crippen MR) is 144 cm³/mol.